The summed E-state index contributed by atoms with van der Waals surface area (Å²) >= 11 is 0. The van der Waals surface area contributed by atoms with Crippen LogP contribution in [-0.2, 0) is 6.42 Å². The second-order valence-electron chi connectivity index (χ2n) is 9.16. The Morgan fingerprint density at radius 1 is 0.933 bits per heavy atom. The molecule has 1 atom stereocenters. The molecule has 0 N–H and O–H groups in total. The molecule has 2 heteroatoms. The van der Waals surface area contributed by atoms with Gasteiger partial charge in [-0.25, -0.2) is 4.39 Å². The highest BCUT2D eigenvalue weighted by molar-refractivity contribution is 5.64. The van der Waals surface area contributed by atoms with Gasteiger partial charge in [-0.15, -0.1) is 0 Å². The van der Waals surface area contributed by atoms with E-state index in [2.05, 4.69) is 31.2 Å². The van der Waals surface area contributed by atoms with Gasteiger partial charge in [0.05, 0.1) is 6.10 Å². The first kappa shape index (κ1) is 22.8. The third kappa shape index (κ3) is 7.15. The Kier molecular flexibility index (Phi) is 9.24. The van der Waals surface area contributed by atoms with Gasteiger partial charge in [-0.3, -0.25) is 0 Å². The normalized spacial score (nSPS) is 15.8. The summed E-state index contributed by atoms with van der Waals surface area (Å²) in [6, 6.07) is 14.0. The van der Waals surface area contributed by atoms with E-state index in [9.17, 15) is 4.39 Å². The highest BCUT2D eigenvalue weighted by atomic mass is 19.1. The first-order valence-electron chi connectivity index (χ1n) is 12.2. The molecule has 2 aromatic carbocycles. The molecule has 1 fully saturated rings. The van der Waals surface area contributed by atoms with Gasteiger partial charge in [0.1, 0.15) is 0 Å². The minimum atomic E-state index is -0.269. The zero-order valence-corrected chi connectivity index (χ0v) is 19.0. The lowest BCUT2D eigenvalue weighted by atomic mass is 9.85. The minimum absolute atomic E-state index is 0.0469. The third-order valence-electron chi connectivity index (χ3n) is 6.58. The fraction of sp³-hybridized carbons (Fsp3) is 0.571. The van der Waals surface area contributed by atoms with Crippen LogP contribution in [0.4, 0.5) is 4.39 Å². The highest BCUT2D eigenvalue weighted by Crippen LogP contribution is 2.29. The van der Waals surface area contributed by atoms with Crippen molar-refractivity contribution in [1.82, 2.24) is 0 Å². The summed E-state index contributed by atoms with van der Waals surface area (Å²) in [4.78, 5) is 0. The number of hydrogen-bond donors (Lipinski definition) is 0. The van der Waals surface area contributed by atoms with Crippen LogP contribution in [0.3, 0.4) is 0 Å². The van der Waals surface area contributed by atoms with Crippen LogP contribution < -0.4 is 4.74 Å². The van der Waals surface area contributed by atoms with Gasteiger partial charge in [0.2, 0.25) is 0 Å². The van der Waals surface area contributed by atoms with Crippen LogP contribution in [0.25, 0.3) is 11.1 Å². The molecule has 0 aliphatic heterocycles. The standard InChI is InChI=1S/C28H39FO/c1-3-4-5-7-10-22(2)30-28-20-19-26(21-27(28)29)25-17-15-24(16-18-25)14-13-23-11-8-6-9-12-23/h15-23H,3-14H2,1-2H3/t22-/m1/s1. The summed E-state index contributed by atoms with van der Waals surface area (Å²) in [5, 5.41) is 0. The van der Waals surface area contributed by atoms with Crippen molar-refractivity contribution in [2.24, 2.45) is 5.92 Å². The van der Waals surface area contributed by atoms with Crippen molar-refractivity contribution in [3.05, 3.63) is 53.8 Å². The number of unbranched alkanes of at least 4 members (excludes halogenated alkanes) is 3. The Labute approximate surface area is 183 Å². The van der Waals surface area contributed by atoms with Crippen LogP contribution >= 0.6 is 0 Å². The quantitative estimate of drug-likeness (QED) is 0.336. The molecule has 30 heavy (non-hydrogen) atoms. The predicted octanol–water partition coefficient (Wildman–Crippen LogP) is 8.74. The molecule has 0 amide bonds. The van der Waals surface area contributed by atoms with Crippen LogP contribution in [0, 0.1) is 11.7 Å². The molecule has 1 saturated carbocycles. The summed E-state index contributed by atoms with van der Waals surface area (Å²) in [6.45, 7) is 4.24. The summed E-state index contributed by atoms with van der Waals surface area (Å²) < 4.78 is 20.5. The monoisotopic (exact) mass is 410 g/mol. The van der Waals surface area contributed by atoms with Gasteiger partial charge in [-0.2, -0.15) is 0 Å². The van der Waals surface area contributed by atoms with Crippen LogP contribution in [0.5, 0.6) is 5.75 Å². The SMILES string of the molecule is CCCCCC[C@@H](C)Oc1ccc(-c2ccc(CCC3CCCCC3)cc2)cc1F. The number of halogens is 1. The van der Waals surface area contributed by atoms with Gasteiger partial charge >= 0.3 is 0 Å². The topological polar surface area (TPSA) is 9.23 Å². The number of rotatable bonds is 11. The molecule has 0 bridgehead atoms. The van der Waals surface area contributed by atoms with Gasteiger partial charge in [0, 0.05) is 0 Å². The second kappa shape index (κ2) is 12.1. The predicted molar refractivity (Wildman–Crippen MR) is 126 cm³/mol. The molecule has 0 saturated heterocycles. The molecular formula is C28H39FO. The summed E-state index contributed by atoms with van der Waals surface area (Å²) in [5.41, 5.74) is 3.37. The zero-order valence-electron chi connectivity index (χ0n) is 19.0. The van der Waals surface area contributed by atoms with Crippen molar-refractivity contribution in [2.75, 3.05) is 0 Å². The second-order valence-corrected chi connectivity index (χ2v) is 9.16. The summed E-state index contributed by atoms with van der Waals surface area (Å²) in [7, 11) is 0. The van der Waals surface area contributed by atoms with E-state index in [1.807, 2.05) is 13.0 Å². The summed E-state index contributed by atoms with van der Waals surface area (Å²) in [5.74, 6) is 1.01. The van der Waals surface area contributed by atoms with Crippen molar-refractivity contribution in [2.45, 2.75) is 97.0 Å². The molecule has 3 rings (SSSR count). The number of benzene rings is 2. The van der Waals surface area contributed by atoms with Crippen molar-refractivity contribution < 1.29 is 9.13 Å². The number of ether oxygens (including phenoxy) is 1. The molecule has 0 radical (unpaired) electrons. The fourth-order valence-corrected chi connectivity index (χ4v) is 4.62. The zero-order chi connectivity index (χ0) is 21.2. The maximum absolute atomic E-state index is 14.6. The Morgan fingerprint density at radius 2 is 1.67 bits per heavy atom. The van der Waals surface area contributed by atoms with Crippen molar-refractivity contribution >= 4 is 0 Å². The van der Waals surface area contributed by atoms with Crippen molar-refractivity contribution in [1.29, 1.82) is 0 Å². The van der Waals surface area contributed by atoms with Gasteiger partial charge < -0.3 is 4.74 Å². The Balaban J connectivity index is 1.52. The fourth-order valence-electron chi connectivity index (χ4n) is 4.62. The highest BCUT2D eigenvalue weighted by Gasteiger charge is 2.13. The molecule has 0 unspecified atom stereocenters. The Hall–Kier alpha value is -1.83. The minimum Gasteiger partial charge on any atom is -0.488 e. The van der Waals surface area contributed by atoms with Gasteiger partial charge in [-0.1, -0.05) is 88.6 Å². The van der Waals surface area contributed by atoms with Crippen LogP contribution in [-0.4, -0.2) is 6.10 Å². The van der Waals surface area contributed by atoms with Crippen LogP contribution in [0.15, 0.2) is 42.5 Å². The average Bonchev–Trinajstić information content (AvgIpc) is 2.78. The van der Waals surface area contributed by atoms with E-state index in [4.69, 9.17) is 4.74 Å². The molecule has 0 aromatic heterocycles. The van der Waals surface area contributed by atoms with Crippen LogP contribution in [0.1, 0.15) is 90.0 Å². The first-order chi connectivity index (χ1) is 14.7. The number of aryl methyl sites for hydroxylation is 1. The largest absolute Gasteiger partial charge is 0.488 e. The van der Waals surface area contributed by atoms with Crippen molar-refractivity contribution in [3.63, 3.8) is 0 Å². The summed E-state index contributed by atoms with van der Waals surface area (Å²) in [6.07, 6.45) is 15.4. The molecule has 1 aliphatic carbocycles. The Morgan fingerprint density at radius 3 is 2.37 bits per heavy atom. The lowest BCUT2D eigenvalue weighted by Gasteiger charge is -2.21. The molecule has 0 spiro atoms. The van der Waals surface area contributed by atoms with Crippen molar-refractivity contribution in [3.8, 4) is 16.9 Å². The van der Waals surface area contributed by atoms with E-state index >= 15 is 0 Å². The molecule has 0 heterocycles. The molecular weight excluding hydrogens is 371 g/mol. The molecule has 1 aliphatic rings. The number of hydrogen-bond acceptors (Lipinski definition) is 1. The van der Waals surface area contributed by atoms with E-state index in [-0.39, 0.29) is 11.9 Å². The van der Waals surface area contributed by atoms with Gasteiger partial charge in [0.25, 0.3) is 0 Å². The lowest BCUT2D eigenvalue weighted by molar-refractivity contribution is 0.197. The van der Waals surface area contributed by atoms with Gasteiger partial charge in [0.15, 0.2) is 11.6 Å². The van der Waals surface area contributed by atoms with E-state index in [0.717, 1.165) is 36.3 Å². The van der Waals surface area contributed by atoms with Gasteiger partial charge in [-0.05, 0) is 67.3 Å². The smallest absolute Gasteiger partial charge is 0.165 e. The average molecular weight is 411 g/mol. The van der Waals surface area contributed by atoms with E-state index in [1.165, 1.54) is 63.4 Å². The molecule has 1 nitrogen and oxygen atoms in total. The van der Waals surface area contributed by atoms with E-state index < -0.39 is 0 Å². The maximum Gasteiger partial charge on any atom is 0.165 e. The molecule has 164 valence electrons. The molecule has 2 aromatic rings. The van der Waals surface area contributed by atoms with E-state index in [0.29, 0.717) is 5.75 Å². The third-order valence-corrected chi connectivity index (χ3v) is 6.58. The van der Waals surface area contributed by atoms with Crippen LogP contribution in [0.2, 0.25) is 0 Å². The first-order valence-corrected chi connectivity index (χ1v) is 12.2. The van der Waals surface area contributed by atoms with E-state index in [1.54, 1.807) is 12.1 Å². The maximum atomic E-state index is 14.6. The lowest BCUT2D eigenvalue weighted by Crippen LogP contribution is -2.12. The Bertz CT molecular complexity index is 746.